The summed E-state index contributed by atoms with van der Waals surface area (Å²) in [5.74, 6) is 0. The second-order valence-electron chi connectivity index (χ2n) is 16.8. The zero-order valence-electron chi connectivity index (χ0n) is 35.3. The summed E-state index contributed by atoms with van der Waals surface area (Å²) in [6.45, 7) is 0. The van der Waals surface area contributed by atoms with E-state index in [0.29, 0.717) is 0 Å². The van der Waals surface area contributed by atoms with Crippen LogP contribution in [0.15, 0.2) is 261 Å². The van der Waals surface area contributed by atoms with Gasteiger partial charge in [-0.2, -0.15) is 0 Å². The summed E-state index contributed by atoms with van der Waals surface area (Å²) < 4.78 is 0. The van der Waals surface area contributed by atoms with Gasteiger partial charge in [0.1, 0.15) is 0 Å². The summed E-state index contributed by atoms with van der Waals surface area (Å²) in [6, 6.07) is 95.7. The minimum absolute atomic E-state index is 0.447. The van der Waals surface area contributed by atoms with Gasteiger partial charge in [-0.15, -0.1) is 0 Å². The van der Waals surface area contributed by atoms with E-state index >= 15 is 0 Å². The highest BCUT2D eigenvalue weighted by Gasteiger charge is 2.45. The van der Waals surface area contributed by atoms with Crippen LogP contribution >= 0.6 is 0 Å². The fourth-order valence-corrected chi connectivity index (χ4v) is 10.4. The Kier molecular flexibility index (Phi) is 9.13. The number of hydrogen-bond acceptors (Lipinski definition) is 1. The van der Waals surface area contributed by atoms with Gasteiger partial charge in [0, 0.05) is 17.1 Å². The first kappa shape index (κ1) is 37.5. The molecule has 0 unspecified atom stereocenters. The Bertz CT molecular complexity index is 3300. The van der Waals surface area contributed by atoms with E-state index < -0.39 is 5.41 Å². The average molecular weight is 814 g/mol. The van der Waals surface area contributed by atoms with Crippen LogP contribution in [0.4, 0.5) is 17.1 Å². The van der Waals surface area contributed by atoms with E-state index in [1.807, 2.05) is 0 Å². The number of rotatable bonds is 8. The van der Waals surface area contributed by atoms with Crippen molar-refractivity contribution in [2.75, 3.05) is 4.90 Å². The van der Waals surface area contributed by atoms with Crippen LogP contribution in [0.1, 0.15) is 22.3 Å². The van der Waals surface area contributed by atoms with Crippen LogP contribution in [0, 0.1) is 0 Å². The second kappa shape index (κ2) is 15.6. The Balaban J connectivity index is 0.950. The van der Waals surface area contributed by atoms with Crippen LogP contribution in [0.25, 0.3) is 66.1 Å². The van der Waals surface area contributed by atoms with E-state index in [0.717, 1.165) is 17.1 Å². The topological polar surface area (TPSA) is 3.24 Å². The molecule has 0 saturated carbocycles. The molecule has 0 bridgehead atoms. The highest BCUT2D eigenvalue weighted by Crippen LogP contribution is 2.56. The van der Waals surface area contributed by atoms with E-state index in [1.54, 1.807) is 0 Å². The largest absolute Gasteiger partial charge is 0.311 e. The Hall–Kier alpha value is -8.26. The lowest BCUT2D eigenvalue weighted by Gasteiger charge is -2.34. The van der Waals surface area contributed by atoms with Crippen LogP contribution in [-0.2, 0) is 5.41 Å². The Morgan fingerprint density at radius 2 is 0.641 bits per heavy atom. The van der Waals surface area contributed by atoms with Gasteiger partial charge in [0.2, 0.25) is 0 Å². The van der Waals surface area contributed by atoms with E-state index in [1.165, 1.54) is 88.3 Å². The molecule has 0 aliphatic heterocycles. The second-order valence-corrected chi connectivity index (χ2v) is 16.8. The van der Waals surface area contributed by atoms with Crippen LogP contribution in [-0.4, -0.2) is 0 Å². The molecular weight excluding hydrogens is 771 g/mol. The Labute approximate surface area is 374 Å². The van der Waals surface area contributed by atoms with Gasteiger partial charge in [-0.1, -0.05) is 218 Å². The average Bonchev–Trinajstić information content (AvgIpc) is 3.68. The first-order chi connectivity index (χ1) is 31.7. The van der Waals surface area contributed by atoms with Crippen molar-refractivity contribution in [1.29, 1.82) is 0 Å². The summed E-state index contributed by atoms with van der Waals surface area (Å²) >= 11 is 0. The smallest absolute Gasteiger partial charge is 0.0713 e. The van der Waals surface area contributed by atoms with Crippen LogP contribution < -0.4 is 4.90 Å². The lowest BCUT2D eigenvalue weighted by molar-refractivity contribution is 0.769. The van der Waals surface area contributed by atoms with Crippen molar-refractivity contribution in [2.45, 2.75) is 5.41 Å². The van der Waals surface area contributed by atoms with Crippen molar-refractivity contribution in [3.8, 4) is 44.5 Å². The van der Waals surface area contributed by atoms with Gasteiger partial charge < -0.3 is 4.90 Å². The van der Waals surface area contributed by atoms with Gasteiger partial charge in [-0.05, 0) is 131 Å². The minimum atomic E-state index is -0.447. The summed E-state index contributed by atoms with van der Waals surface area (Å²) in [4.78, 5) is 2.37. The highest BCUT2D eigenvalue weighted by atomic mass is 15.1. The molecule has 1 aliphatic rings. The van der Waals surface area contributed by atoms with E-state index in [4.69, 9.17) is 0 Å². The molecule has 0 heterocycles. The quantitative estimate of drug-likeness (QED) is 0.148. The predicted molar refractivity (Wildman–Crippen MR) is 270 cm³/mol. The van der Waals surface area contributed by atoms with Gasteiger partial charge in [-0.3, -0.25) is 0 Å². The molecule has 0 fully saturated rings. The molecule has 12 rings (SSSR count). The third-order valence-electron chi connectivity index (χ3n) is 13.4. The van der Waals surface area contributed by atoms with Gasteiger partial charge >= 0.3 is 0 Å². The van der Waals surface area contributed by atoms with Crippen molar-refractivity contribution in [2.24, 2.45) is 0 Å². The third-order valence-corrected chi connectivity index (χ3v) is 13.4. The molecule has 1 heteroatoms. The summed E-state index contributed by atoms with van der Waals surface area (Å²) in [6.07, 6.45) is 0. The maximum Gasteiger partial charge on any atom is 0.0713 e. The number of hydrogen-bond donors (Lipinski definition) is 0. The fraction of sp³-hybridized carbons (Fsp3) is 0.0159. The van der Waals surface area contributed by atoms with E-state index in [2.05, 4.69) is 266 Å². The lowest BCUT2D eigenvalue weighted by atomic mass is 9.67. The molecule has 0 saturated heterocycles. The monoisotopic (exact) mass is 813 g/mol. The molecule has 0 atom stereocenters. The molecular formula is C63H43N. The molecule has 11 aromatic carbocycles. The summed E-state index contributed by atoms with van der Waals surface area (Å²) in [7, 11) is 0. The highest BCUT2D eigenvalue weighted by molar-refractivity contribution is 5.98. The Morgan fingerprint density at radius 1 is 0.250 bits per heavy atom. The molecule has 0 N–H and O–H groups in total. The SMILES string of the molecule is c1ccc(C2(c3cccc(-c4ccc(N(c5ccc(-c6cccc7ccccc67)cc5)c5ccc(-c6cccc7ccccc67)cc5)cc4)c3)c3ccccc3-c3ccccc32)cc1. The third kappa shape index (κ3) is 6.16. The number of benzene rings is 11. The maximum atomic E-state index is 2.41. The first-order valence-corrected chi connectivity index (χ1v) is 22.2. The molecule has 1 nitrogen and oxygen atoms in total. The van der Waals surface area contributed by atoms with E-state index in [-0.39, 0.29) is 0 Å². The van der Waals surface area contributed by atoms with Crippen molar-refractivity contribution < 1.29 is 0 Å². The molecule has 0 spiro atoms. The number of fused-ring (bicyclic) bond motifs is 5. The summed E-state index contributed by atoms with van der Waals surface area (Å²) in [5, 5.41) is 5.01. The van der Waals surface area contributed by atoms with Crippen LogP contribution in [0.5, 0.6) is 0 Å². The Morgan fingerprint density at radius 3 is 1.17 bits per heavy atom. The van der Waals surface area contributed by atoms with Gasteiger partial charge in [-0.25, -0.2) is 0 Å². The minimum Gasteiger partial charge on any atom is -0.311 e. The van der Waals surface area contributed by atoms with E-state index in [9.17, 15) is 0 Å². The fourth-order valence-electron chi connectivity index (χ4n) is 10.4. The summed E-state index contributed by atoms with van der Waals surface area (Å²) in [5.41, 5.74) is 17.8. The van der Waals surface area contributed by atoms with Crippen LogP contribution in [0.3, 0.4) is 0 Å². The molecule has 64 heavy (non-hydrogen) atoms. The van der Waals surface area contributed by atoms with Crippen LogP contribution in [0.2, 0.25) is 0 Å². The van der Waals surface area contributed by atoms with Gasteiger partial charge in [0.05, 0.1) is 5.41 Å². The molecule has 0 amide bonds. The zero-order valence-corrected chi connectivity index (χ0v) is 35.3. The standard InChI is InChI=1S/C63H43N/c1-2-20-50(21-3-1)63(61-29-10-8-25-59(61)60-26-9-11-30-62(60)63)51-22-12-19-49(43-51)44-31-37-52(38-32-44)64(53-39-33-47(34-40-53)57-27-13-17-45-15-4-6-23-55(45)57)54-41-35-48(36-42-54)58-28-14-18-46-16-5-7-24-56(46)58/h1-43H. The maximum absolute atomic E-state index is 2.41. The normalized spacial score (nSPS) is 12.5. The van der Waals surface area contributed by atoms with Crippen molar-refractivity contribution in [3.05, 3.63) is 283 Å². The molecule has 300 valence electrons. The molecule has 0 radical (unpaired) electrons. The van der Waals surface area contributed by atoms with Crippen molar-refractivity contribution >= 4 is 38.6 Å². The molecule has 0 aromatic heterocycles. The number of nitrogens with zero attached hydrogens (tertiary/aromatic N) is 1. The lowest BCUT2D eigenvalue weighted by Crippen LogP contribution is -2.28. The van der Waals surface area contributed by atoms with Gasteiger partial charge in [0.25, 0.3) is 0 Å². The number of anilines is 3. The molecule has 11 aromatic rings. The van der Waals surface area contributed by atoms with Crippen molar-refractivity contribution in [3.63, 3.8) is 0 Å². The predicted octanol–water partition coefficient (Wildman–Crippen LogP) is 16.8. The zero-order chi connectivity index (χ0) is 42.5. The van der Waals surface area contributed by atoms with Crippen molar-refractivity contribution in [1.82, 2.24) is 0 Å². The first-order valence-electron chi connectivity index (χ1n) is 22.2. The van der Waals surface area contributed by atoms with Gasteiger partial charge in [0.15, 0.2) is 0 Å². The molecule has 1 aliphatic carbocycles.